The zero-order valence-corrected chi connectivity index (χ0v) is 11.9. The van der Waals surface area contributed by atoms with Crippen LogP contribution in [0.4, 0.5) is 21.9 Å². The number of hydrazine groups is 1. The van der Waals surface area contributed by atoms with E-state index in [1.54, 1.807) is 0 Å². The molecule has 2 aromatic rings. The van der Waals surface area contributed by atoms with Crippen LogP contribution in [-0.2, 0) is 0 Å². The first-order chi connectivity index (χ1) is 10.7. The fourth-order valence-corrected chi connectivity index (χ4v) is 2.42. The average Bonchev–Trinajstić information content (AvgIpc) is 2.73. The summed E-state index contributed by atoms with van der Waals surface area (Å²) in [5.41, 5.74) is 7.68. The number of nitrogens with one attached hydrogen (secondary N) is 2. The van der Waals surface area contributed by atoms with Crippen LogP contribution in [0, 0.1) is 0 Å². The standard InChI is InChI=1S/C16H16N4O2/c21-16(22)19-18-15-10-11-20(12-6-2-1-3-7-12)14-9-5-4-8-13(14)17-15/h1-9,19H,10-11H2,(H,17,18)(H,21,22). The van der Waals surface area contributed by atoms with Gasteiger partial charge in [0.1, 0.15) is 5.84 Å². The molecule has 1 aliphatic rings. The highest BCUT2D eigenvalue weighted by atomic mass is 16.4. The minimum absolute atomic E-state index is 0.591. The van der Waals surface area contributed by atoms with E-state index < -0.39 is 6.09 Å². The fraction of sp³-hybridized carbons (Fsp3) is 0.125. The summed E-state index contributed by atoms with van der Waals surface area (Å²) >= 11 is 0. The Labute approximate surface area is 128 Å². The Morgan fingerprint density at radius 2 is 1.82 bits per heavy atom. The number of amidine groups is 1. The minimum Gasteiger partial charge on any atom is -0.464 e. The van der Waals surface area contributed by atoms with Gasteiger partial charge in [0.2, 0.25) is 0 Å². The Hall–Kier alpha value is -3.02. The third kappa shape index (κ3) is 3.01. The van der Waals surface area contributed by atoms with Gasteiger partial charge in [-0.25, -0.2) is 15.2 Å². The zero-order valence-electron chi connectivity index (χ0n) is 11.9. The maximum Gasteiger partial charge on any atom is 0.423 e. The lowest BCUT2D eigenvalue weighted by atomic mass is 10.2. The van der Waals surface area contributed by atoms with Crippen molar-refractivity contribution in [2.45, 2.75) is 6.42 Å². The van der Waals surface area contributed by atoms with Crippen LogP contribution < -0.4 is 15.8 Å². The van der Waals surface area contributed by atoms with Crippen LogP contribution in [0.3, 0.4) is 0 Å². The first-order valence-corrected chi connectivity index (χ1v) is 6.98. The minimum atomic E-state index is -1.14. The quantitative estimate of drug-likeness (QED) is 0.707. The van der Waals surface area contributed by atoms with Crippen LogP contribution >= 0.6 is 0 Å². The van der Waals surface area contributed by atoms with E-state index in [2.05, 4.69) is 20.7 Å². The van der Waals surface area contributed by atoms with E-state index in [1.807, 2.05) is 54.6 Å². The van der Waals surface area contributed by atoms with Crippen molar-refractivity contribution < 1.29 is 9.90 Å². The lowest BCUT2D eigenvalue weighted by Gasteiger charge is -2.24. The SMILES string of the molecule is O=C(O)NNC1=Nc2ccccc2N(c2ccccc2)CC1. The summed E-state index contributed by atoms with van der Waals surface area (Å²) in [7, 11) is 0. The normalized spacial score (nSPS) is 13.6. The van der Waals surface area contributed by atoms with Gasteiger partial charge in [0.25, 0.3) is 0 Å². The number of fused-ring (bicyclic) bond motifs is 1. The molecule has 6 heteroatoms. The molecule has 22 heavy (non-hydrogen) atoms. The summed E-state index contributed by atoms with van der Waals surface area (Å²) in [6, 6.07) is 17.9. The second-order valence-corrected chi connectivity index (χ2v) is 4.84. The molecule has 1 amide bonds. The van der Waals surface area contributed by atoms with E-state index in [-0.39, 0.29) is 0 Å². The van der Waals surface area contributed by atoms with Crippen molar-refractivity contribution in [3.05, 3.63) is 54.6 Å². The number of para-hydroxylation sites is 3. The summed E-state index contributed by atoms with van der Waals surface area (Å²) in [6.07, 6.45) is -0.538. The van der Waals surface area contributed by atoms with Gasteiger partial charge in [-0.3, -0.25) is 5.43 Å². The molecule has 0 saturated heterocycles. The third-order valence-electron chi connectivity index (χ3n) is 3.38. The second-order valence-electron chi connectivity index (χ2n) is 4.84. The van der Waals surface area contributed by atoms with Crippen molar-refractivity contribution in [2.75, 3.05) is 11.4 Å². The van der Waals surface area contributed by atoms with E-state index in [9.17, 15) is 4.79 Å². The molecule has 0 spiro atoms. The average molecular weight is 296 g/mol. The molecule has 1 heterocycles. The van der Waals surface area contributed by atoms with Gasteiger partial charge >= 0.3 is 6.09 Å². The Morgan fingerprint density at radius 1 is 1.09 bits per heavy atom. The summed E-state index contributed by atoms with van der Waals surface area (Å²) in [6.45, 7) is 0.703. The van der Waals surface area contributed by atoms with E-state index in [1.165, 1.54) is 0 Å². The van der Waals surface area contributed by atoms with Crippen molar-refractivity contribution in [3.63, 3.8) is 0 Å². The van der Waals surface area contributed by atoms with Crippen LogP contribution in [0.25, 0.3) is 0 Å². The summed E-state index contributed by atoms with van der Waals surface area (Å²) < 4.78 is 0. The molecule has 3 rings (SSSR count). The van der Waals surface area contributed by atoms with Crippen molar-refractivity contribution in [3.8, 4) is 0 Å². The number of rotatable bonds is 1. The van der Waals surface area contributed by atoms with E-state index in [0.717, 1.165) is 17.1 Å². The predicted octanol–water partition coefficient (Wildman–Crippen LogP) is 3.03. The van der Waals surface area contributed by atoms with Gasteiger partial charge < -0.3 is 10.0 Å². The number of carboxylic acid groups (broad SMARTS) is 1. The van der Waals surface area contributed by atoms with Crippen molar-refractivity contribution >= 4 is 29.0 Å². The van der Waals surface area contributed by atoms with Crippen LogP contribution in [0.5, 0.6) is 0 Å². The number of aliphatic imine (C=N–C) groups is 1. The Morgan fingerprint density at radius 3 is 2.59 bits per heavy atom. The molecule has 6 nitrogen and oxygen atoms in total. The third-order valence-corrected chi connectivity index (χ3v) is 3.38. The first-order valence-electron chi connectivity index (χ1n) is 6.98. The number of benzene rings is 2. The monoisotopic (exact) mass is 296 g/mol. The Kier molecular flexibility index (Phi) is 3.91. The molecular formula is C16H16N4O2. The van der Waals surface area contributed by atoms with Crippen LogP contribution in [-0.4, -0.2) is 23.6 Å². The molecule has 0 aromatic heterocycles. The molecular weight excluding hydrogens is 280 g/mol. The molecule has 1 aliphatic heterocycles. The second kappa shape index (κ2) is 6.17. The molecule has 112 valence electrons. The van der Waals surface area contributed by atoms with Gasteiger partial charge in [-0.1, -0.05) is 30.3 Å². The van der Waals surface area contributed by atoms with Crippen LogP contribution in [0.1, 0.15) is 6.42 Å². The van der Waals surface area contributed by atoms with Crippen molar-refractivity contribution in [1.29, 1.82) is 0 Å². The number of carbonyl (C=O) groups is 1. The largest absolute Gasteiger partial charge is 0.464 e. The lowest BCUT2D eigenvalue weighted by molar-refractivity contribution is 0.192. The maximum absolute atomic E-state index is 10.6. The number of hydrogen-bond acceptors (Lipinski definition) is 4. The highest BCUT2D eigenvalue weighted by Crippen LogP contribution is 2.35. The van der Waals surface area contributed by atoms with Gasteiger partial charge in [-0.15, -0.1) is 0 Å². The molecule has 0 unspecified atom stereocenters. The van der Waals surface area contributed by atoms with Gasteiger partial charge in [0.05, 0.1) is 11.4 Å². The van der Waals surface area contributed by atoms with E-state index >= 15 is 0 Å². The Bertz CT molecular complexity index is 700. The molecule has 0 fully saturated rings. The fourth-order valence-electron chi connectivity index (χ4n) is 2.42. The van der Waals surface area contributed by atoms with Gasteiger partial charge in [0, 0.05) is 18.7 Å². The molecule has 0 saturated carbocycles. The summed E-state index contributed by atoms with van der Waals surface area (Å²) in [5.74, 6) is 0.591. The summed E-state index contributed by atoms with van der Waals surface area (Å²) in [4.78, 5) is 17.3. The smallest absolute Gasteiger partial charge is 0.423 e. The Balaban J connectivity index is 1.93. The van der Waals surface area contributed by atoms with Crippen LogP contribution in [0.2, 0.25) is 0 Å². The number of hydrogen-bond donors (Lipinski definition) is 3. The summed E-state index contributed by atoms with van der Waals surface area (Å²) in [5, 5.41) is 8.70. The number of anilines is 2. The lowest BCUT2D eigenvalue weighted by Crippen LogP contribution is -2.41. The molecule has 2 aromatic carbocycles. The molecule has 0 atom stereocenters. The van der Waals surface area contributed by atoms with E-state index in [4.69, 9.17) is 5.11 Å². The first kappa shape index (κ1) is 13.9. The van der Waals surface area contributed by atoms with Crippen LogP contribution in [0.15, 0.2) is 59.6 Å². The number of nitrogens with zero attached hydrogens (tertiary/aromatic N) is 2. The van der Waals surface area contributed by atoms with Gasteiger partial charge in [-0.2, -0.15) is 0 Å². The van der Waals surface area contributed by atoms with E-state index in [0.29, 0.717) is 18.8 Å². The predicted molar refractivity (Wildman–Crippen MR) is 85.9 cm³/mol. The van der Waals surface area contributed by atoms with Crippen molar-refractivity contribution in [2.24, 2.45) is 4.99 Å². The molecule has 3 N–H and O–H groups in total. The highest BCUT2D eigenvalue weighted by Gasteiger charge is 2.18. The van der Waals surface area contributed by atoms with Crippen molar-refractivity contribution in [1.82, 2.24) is 10.9 Å². The molecule has 0 radical (unpaired) electrons. The molecule has 0 bridgehead atoms. The topological polar surface area (TPSA) is 77.0 Å². The zero-order chi connectivity index (χ0) is 15.4. The molecule has 0 aliphatic carbocycles. The van der Waals surface area contributed by atoms with Gasteiger partial charge in [-0.05, 0) is 24.3 Å². The highest BCUT2D eigenvalue weighted by molar-refractivity contribution is 5.91. The van der Waals surface area contributed by atoms with Gasteiger partial charge in [0.15, 0.2) is 0 Å². The maximum atomic E-state index is 10.6. The number of amides is 1.